The Bertz CT molecular complexity index is 684. The zero-order valence-electron chi connectivity index (χ0n) is 14.0. The molecule has 0 aromatic heterocycles. The van der Waals surface area contributed by atoms with Crippen molar-refractivity contribution in [2.75, 3.05) is 33.5 Å². The van der Waals surface area contributed by atoms with Crippen LogP contribution < -0.4 is 9.47 Å². The number of carbonyl (C=O) groups is 3. The molecule has 2 rings (SSSR count). The molecule has 0 bridgehead atoms. The summed E-state index contributed by atoms with van der Waals surface area (Å²) in [5.74, 6) is -0.522. The molecule has 2 amide bonds. The highest BCUT2D eigenvalue weighted by atomic mass is 16.6. The smallest absolute Gasteiger partial charge is 0.416 e. The lowest BCUT2D eigenvalue weighted by atomic mass is 10.2. The van der Waals surface area contributed by atoms with Crippen LogP contribution in [-0.4, -0.2) is 56.3 Å². The maximum Gasteiger partial charge on any atom is 0.416 e. The largest absolute Gasteiger partial charge is 0.493 e. The van der Waals surface area contributed by atoms with Crippen molar-refractivity contribution in [1.29, 1.82) is 0 Å². The Morgan fingerprint density at radius 2 is 2.08 bits per heavy atom. The number of carbonyl (C=O) groups excluding carboxylic acids is 3. The van der Waals surface area contributed by atoms with Crippen molar-refractivity contribution in [1.82, 2.24) is 4.90 Å². The summed E-state index contributed by atoms with van der Waals surface area (Å²) in [5, 5.41) is 0. The van der Waals surface area contributed by atoms with Crippen molar-refractivity contribution < 1.29 is 33.3 Å². The molecular formula is C17H19NO7. The van der Waals surface area contributed by atoms with Gasteiger partial charge in [-0.05, 0) is 24.6 Å². The van der Waals surface area contributed by atoms with E-state index in [4.69, 9.17) is 14.2 Å². The summed E-state index contributed by atoms with van der Waals surface area (Å²) < 4.78 is 20.0. The molecule has 0 radical (unpaired) electrons. The fraction of sp³-hybridized carbons (Fsp3) is 0.353. The van der Waals surface area contributed by atoms with Gasteiger partial charge in [0.25, 0.3) is 5.91 Å². The van der Waals surface area contributed by atoms with Gasteiger partial charge in [0.15, 0.2) is 24.7 Å². The molecule has 134 valence electrons. The van der Waals surface area contributed by atoms with Crippen LogP contribution in [0.5, 0.6) is 11.5 Å². The Balaban J connectivity index is 1.83. The number of hydrogen-bond donors (Lipinski definition) is 0. The molecule has 25 heavy (non-hydrogen) atoms. The predicted molar refractivity (Wildman–Crippen MR) is 87.2 cm³/mol. The first-order valence-corrected chi connectivity index (χ1v) is 7.61. The molecule has 1 aromatic rings. The van der Waals surface area contributed by atoms with Crippen LogP contribution in [-0.2, 0) is 19.1 Å². The van der Waals surface area contributed by atoms with Crippen LogP contribution in [0.1, 0.15) is 12.5 Å². The summed E-state index contributed by atoms with van der Waals surface area (Å²) >= 11 is 0. The summed E-state index contributed by atoms with van der Waals surface area (Å²) in [6, 6.07) is 5.25. The molecule has 8 nitrogen and oxygen atoms in total. The molecule has 1 aliphatic rings. The number of nitrogens with zero attached hydrogens (tertiary/aromatic N) is 1. The van der Waals surface area contributed by atoms with Crippen LogP contribution in [0.3, 0.4) is 0 Å². The van der Waals surface area contributed by atoms with Gasteiger partial charge in [-0.15, -0.1) is 0 Å². The number of esters is 1. The quantitative estimate of drug-likeness (QED) is 0.691. The molecule has 0 atom stereocenters. The Hall–Kier alpha value is -3.03. The van der Waals surface area contributed by atoms with Gasteiger partial charge in [0, 0.05) is 0 Å². The van der Waals surface area contributed by atoms with Gasteiger partial charge in [-0.3, -0.25) is 4.79 Å². The van der Waals surface area contributed by atoms with Crippen molar-refractivity contribution in [3.8, 4) is 11.5 Å². The summed E-state index contributed by atoms with van der Waals surface area (Å²) in [6.07, 6.45) is 3.05. The standard InChI is InChI=1S/C17H19NO7/c1-3-4-12-5-6-13(14(9-12)22-2)24-11-16(20)25-10-15(19)18-7-8-23-17(18)21/h3-6,9H,7-8,10-11H2,1-2H3/b4-3+. The molecule has 0 N–H and O–H groups in total. The number of allylic oxidation sites excluding steroid dienone is 1. The molecule has 0 saturated carbocycles. The van der Waals surface area contributed by atoms with Crippen molar-refractivity contribution in [2.24, 2.45) is 0 Å². The van der Waals surface area contributed by atoms with E-state index in [1.54, 1.807) is 12.1 Å². The number of cyclic esters (lactones) is 1. The van der Waals surface area contributed by atoms with Crippen molar-refractivity contribution in [3.63, 3.8) is 0 Å². The third-order valence-corrected chi connectivity index (χ3v) is 3.31. The van der Waals surface area contributed by atoms with Gasteiger partial charge in [-0.1, -0.05) is 18.2 Å². The molecule has 1 saturated heterocycles. The minimum Gasteiger partial charge on any atom is -0.493 e. The maximum absolute atomic E-state index is 11.7. The monoisotopic (exact) mass is 349 g/mol. The molecule has 8 heteroatoms. The second kappa shape index (κ2) is 8.72. The van der Waals surface area contributed by atoms with E-state index in [0.29, 0.717) is 11.5 Å². The van der Waals surface area contributed by atoms with Gasteiger partial charge in [-0.25, -0.2) is 14.5 Å². The van der Waals surface area contributed by atoms with E-state index < -0.39 is 31.2 Å². The minimum absolute atomic E-state index is 0.143. The van der Waals surface area contributed by atoms with Gasteiger partial charge in [-0.2, -0.15) is 0 Å². The third kappa shape index (κ3) is 4.97. The fourth-order valence-corrected chi connectivity index (χ4v) is 2.12. The molecule has 1 aromatic carbocycles. The first-order chi connectivity index (χ1) is 12.0. The highest BCUT2D eigenvalue weighted by Crippen LogP contribution is 2.28. The summed E-state index contributed by atoms with van der Waals surface area (Å²) in [6.45, 7) is 1.26. The topological polar surface area (TPSA) is 91.4 Å². The zero-order chi connectivity index (χ0) is 18.2. The Labute approximate surface area is 144 Å². The van der Waals surface area contributed by atoms with Gasteiger partial charge in [0.2, 0.25) is 0 Å². The normalized spacial score (nSPS) is 13.7. The number of imide groups is 1. The minimum atomic E-state index is -0.736. The molecule has 0 unspecified atom stereocenters. The highest BCUT2D eigenvalue weighted by molar-refractivity contribution is 5.94. The molecule has 1 aliphatic heterocycles. The second-order valence-electron chi connectivity index (χ2n) is 5.02. The van der Waals surface area contributed by atoms with E-state index in [1.165, 1.54) is 7.11 Å². The number of rotatable bonds is 7. The van der Waals surface area contributed by atoms with Crippen LogP contribution in [0.25, 0.3) is 6.08 Å². The van der Waals surface area contributed by atoms with Crippen LogP contribution in [0, 0.1) is 0 Å². The van der Waals surface area contributed by atoms with Gasteiger partial charge in [0.1, 0.15) is 6.61 Å². The Kier molecular flexibility index (Phi) is 6.39. The van der Waals surface area contributed by atoms with Crippen molar-refractivity contribution in [2.45, 2.75) is 6.92 Å². The lowest BCUT2D eigenvalue weighted by Gasteiger charge is -2.12. The number of methoxy groups -OCH3 is 1. The van der Waals surface area contributed by atoms with Crippen molar-refractivity contribution in [3.05, 3.63) is 29.8 Å². The SMILES string of the molecule is C/C=C/c1ccc(OCC(=O)OCC(=O)N2CCOC2=O)c(OC)c1. The summed E-state index contributed by atoms with van der Waals surface area (Å²) in [7, 11) is 1.49. The lowest BCUT2D eigenvalue weighted by molar-refractivity contribution is -0.152. The number of ether oxygens (including phenoxy) is 4. The van der Waals surface area contributed by atoms with Crippen LogP contribution in [0.15, 0.2) is 24.3 Å². The molecule has 1 heterocycles. The number of amides is 2. The average molecular weight is 349 g/mol. The Morgan fingerprint density at radius 3 is 2.72 bits per heavy atom. The number of benzene rings is 1. The molecule has 0 spiro atoms. The second-order valence-corrected chi connectivity index (χ2v) is 5.02. The van der Waals surface area contributed by atoms with Crippen molar-refractivity contribution >= 4 is 24.0 Å². The van der Waals surface area contributed by atoms with Crippen LogP contribution in [0.2, 0.25) is 0 Å². The van der Waals surface area contributed by atoms with Crippen LogP contribution in [0.4, 0.5) is 4.79 Å². The Morgan fingerprint density at radius 1 is 1.28 bits per heavy atom. The van der Waals surface area contributed by atoms with Gasteiger partial charge < -0.3 is 18.9 Å². The van der Waals surface area contributed by atoms with Gasteiger partial charge >= 0.3 is 12.1 Å². The summed E-state index contributed by atoms with van der Waals surface area (Å²) in [5.41, 5.74) is 0.928. The highest BCUT2D eigenvalue weighted by Gasteiger charge is 2.28. The zero-order valence-corrected chi connectivity index (χ0v) is 14.0. The maximum atomic E-state index is 11.7. The van der Waals surface area contributed by atoms with Gasteiger partial charge in [0.05, 0.1) is 13.7 Å². The molecular weight excluding hydrogens is 330 g/mol. The fourth-order valence-electron chi connectivity index (χ4n) is 2.12. The molecule has 0 aliphatic carbocycles. The number of hydrogen-bond acceptors (Lipinski definition) is 7. The summed E-state index contributed by atoms with van der Waals surface area (Å²) in [4.78, 5) is 35.5. The van der Waals surface area contributed by atoms with E-state index >= 15 is 0 Å². The van der Waals surface area contributed by atoms with E-state index in [0.717, 1.165) is 10.5 Å². The van der Waals surface area contributed by atoms with E-state index in [1.807, 2.05) is 25.1 Å². The van der Waals surface area contributed by atoms with E-state index in [2.05, 4.69) is 4.74 Å². The molecule has 1 fully saturated rings. The third-order valence-electron chi connectivity index (χ3n) is 3.31. The average Bonchev–Trinajstić information content (AvgIpc) is 3.04. The van der Waals surface area contributed by atoms with Crippen LogP contribution >= 0.6 is 0 Å². The lowest BCUT2D eigenvalue weighted by Crippen LogP contribution is -2.35. The first-order valence-electron chi connectivity index (χ1n) is 7.61. The van der Waals surface area contributed by atoms with E-state index in [-0.39, 0.29) is 13.2 Å². The predicted octanol–water partition coefficient (Wildman–Crippen LogP) is 1.63. The van der Waals surface area contributed by atoms with E-state index in [9.17, 15) is 14.4 Å². The first kappa shape index (κ1) is 18.3.